The fourth-order valence-corrected chi connectivity index (χ4v) is 4.34. The van der Waals surface area contributed by atoms with Crippen LogP contribution in [-0.2, 0) is 14.3 Å². The van der Waals surface area contributed by atoms with Gasteiger partial charge in [0.25, 0.3) is 0 Å². The summed E-state index contributed by atoms with van der Waals surface area (Å²) in [6, 6.07) is 0. The van der Waals surface area contributed by atoms with Crippen LogP contribution in [-0.4, -0.2) is 18.5 Å². The van der Waals surface area contributed by atoms with E-state index in [4.69, 9.17) is 4.74 Å². The van der Waals surface area contributed by atoms with Crippen LogP contribution in [0.3, 0.4) is 0 Å². The molecule has 0 bridgehead atoms. The van der Waals surface area contributed by atoms with E-state index in [9.17, 15) is 14.7 Å². The molecule has 0 aromatic rings. The number of hydrogen-bond acceptors (Lipinski definition) is 4. The normalized spacial score (nSPS) is 18.6. The smallest absolute Gasteiger partial charge is 0.550 e. The van der Waals surface area contributed by atoms with Gasteiger partial charge in [0.2, 0.25) is 0 Å². The van der Waals surface area contributed by atoms with Crippen molar-refractivity contribution in [2.75, 3.05) is 6.61 Å². The largest absolute Gasteiger partial charge is 1.00 e. The van der Waals surface area contributed by atoms with E-state index in [0.717, 1.165) is 32.1 Å². The van der Waals surface area contributed by atoms with Crippen molar-refractivity contribution in [1.29, 1.82) is 0 Å². The Bertz CT molecular complexity index is 478. The molecule has 1 fully saturated rings. The zero-order valence-corrected chi connectivity index (χ0v) is 22.4. The molecular weight excluding hydrogens is 399 g/mol. The Morgan fingerprint density at radius 1 is 0.774 bits per heavy atom. The van der Waals surface area contributed by atoms with E-state index in [-0.39, 0.29) is 35.5 Å². The molecule has 0 aromatic heterocycles. The Labute approximate surface area is 213 Å². The zero-order valence-electron chi connectivity index (χ0n) is 20.4. The summed E-state index contributed by atoms with van der Waals surface area (Å²) in [5.41, 5.74) is 0. The van der Waals surface area contributed by atoms with E-state index in [1.807, 2.05) is 0 Å². The first-order valence-electron chi connectivity index (χ1n) is 12.7. The molecule has 1 aliphatic carbocycles. The number of hydrogen-bond donors (Lipinski definition) is 0. The predicted octanol–water partition coefficient (Wildman–Crippen LogP) is 3.13. The first-order chi connectivity index (χ1) is 14.7. The number of carboxylic acids is 1. The molecule has 1 aliphatic rings. The van der Waals surface area contributed by atoms with Gasteiger partial charge in [-0.25, -0.2) is 0 Å². The summed E-state index contributed by atoms with van der Waals surface area (Å²) in [6.07, 6.45) is 25.2. The van der Waals surface area contributed by atoms with E-state index in [2.05, 4.69) is 19.1 Å². The minimum absolute atomic E-state index is 0. The van der Waals surface area contributed by atoms with E-state index >= 15 is 0 Å². The van der Waals surface area contributed by atoms with Gasteiger partial charge in [-0.2, -0.15) is 0 Å². The molecule has 0 aromatic carbocycles. The fourth-order valence-electron chi connectivity index (χ4n) is 4.34. The third-order valence-corrected chi connectivity index (χ3v) is 6.27. The molecule has 5 heteroatoms. The maximum absolute atomic E-state index is 12.1. The third kappa shape index (κ3) is 16.0. The second-order valence-corrected chi connectivity index (χ2v) is 8.92. The van der Waals surface area contributed by atoms with Crippen molar-refractivity contribution in [1.82, 2.24) is 0 Å². The first kappa shape index (κ1) is 30.7. The Kier molecular flexibility index (Phi) is 21.3. The van der Waals surface area contributed by atoms with Gasteiger partial charge < -0.3 is 14.6 Å². The quantitative estimate of drug-likeness (QED) is 0.141. The van der Waals surface area contributed by atoms with Crippen molar-refractivity contribution >= 4 is 11.9 Å². The van der Waals surface area contributed by atoms with Crippen molar-refractivity contribution < 1.29 is 49.0 Å². The van der Waals surface area contributed by atoms with Crippen LogP contribution in [0.15, 0.2) is 12.2 Å². The molecule has 2 atom stereocenters. The number of ether oxygens (including phenoxy) is 1. The predicted molar refractivity (Wildman–Crippen MR) is 121 cm³/mol. The molecule has 31 heavy (non-hydrogen) atoms. The minimum atomic E-state index is -1.11. The third-order valence-electron chi connectivity index (χ3n) is 6.27. The van der Waals surface area contributed by atoms with Crippen LogP contribution in [0.25, 0.3) is 0 Å². The molecular formula is C26H45NaO4. The maximum atomic E-state index is 12.1. The molecule has 0 amide bonds. The van der Waals surface area contributed by atoms with Gasteiger partial charge in [0, 0.05) is 11.9 Å². The average Bonchev–Trinajstić information content (AvgIpc) is 2.75. The molecule has 0 heterocycles. The van der Waals surface area contributed by atoms with Crippen LogP contribution < -0.4 is 34.7 Å². The van der Waals surface area contributed by atoms with Crippen LogP contribution >= 0.6 is 0 Å². The van der Waals surface area contributed by atoms with Crippen molar-refractivity contribution in [3.8, 4) is 0 Å². The number of allylic oxidation sites excluding steroid dienone is 2. The number of carbonyl (C=O) groups excluding carboxylic acids is 2. The van der Waals surface area contributed by atoms with Crippen LogP contribution in [0.1, 0.15) is 122 Å². The summed E-state index contributed by atoms with van der Waals surface area (Å²) in [4.78, 5) is 23.3. The van der Waals surface area contributed by atoms with Gasteiger partial charge in [0.1, 0.15) is 0 Å². The van der Waals surface area contributed by atoms with Gasteiger partial charge in [-0.15, -0.1) is 0 Å². The van der Waals surface area contributed by atoms with Crippen molar-refractivity contribution in [3.63, 3.8) is 0 Å². The Morgan fingerprint density at radius 2 is 1.26 bits per heavy atom. The molecule has 4 nitrogen and oxygen atoms in total. The summed E-state index contributed by atoms with van der Waals surface area (Å²) in [5.74, 6) is -2.65. The molecule has 1 rings (SSSR count). The van der Waals surface area contributed by atoms with E-state index in [1.165, 1.54) is 70.6 Å². The Hall–Kier alpha value is -0.320. The molecule has 0 spiro atoms. The second kappa shape index (κ2) is 21.5. The van der Waals surface area contributed by atoms with Gasteiger partial charge in [-0.3, -0.25) is 4.79 Å². The number of unbranched alkanes of at least 4 members (excludes halogenated alkanes) is 12. The number of rotatable bonds is 18. The Balaban J connectivity index is 0.00000900. The molecule has 2 unspecified atom stereocenters. The number of aliphatic carboxylic acids is 1. The Morgan fingerprint density at radius 3 is 1.81 bits per heavy atom. The molecule has 1 saturated carbocycles. The summed E-state index contributed by atoms with van der Waals surface area (Å²) in [7, 11) is 0. The van der Waals surface area contributed by atoms with Crippen molar-refractivity contribution in [3.05, 3.63) is 12.2 Å². The SMILES string of the molecule is CCCCCCCCCCCCC/C=C/CCCOC(=O)C1CCCCC1C(=O)[O-].[Na+]. The van der Waals surface area contributed by atoms with Gasteiger partial charge in [0.05, 0.1) is 12.5 Å². The summed E-state index contributed by atoms with van der Waals surface area (Å²) in [6.45, 7) is 2.64. The standard InChI is InChI=1S/C26H46O4.Na/c1-2-3-4-5-6-7-8-9-10-11-12-13-14-15-16-19-22-30-26(29)24-21-18-17-20-23(24)25(27)28;/h14-15,23-24H,2-13,16-22H2,1H3,(H,27,28);/q;+1/p-1/b15-14+;. The fraction of sp³-hybridized carbons (Fsp3) is 0.846. The molecule has 0 aliphatic heterocycles. The summed E-state index contributed by atoms with van der Waals surface area (Å²) >= 11 is 0. The van der Waals surface area contributed by atoms with Crippen LogP contribution in [0, 0.1) is 11.8 Å². The first-order valence-corrected chi connectivity index (χ1v) is 12.7. The van der Waals surface area contributed by atoms with Gasteiger partial charge in [0.15, 0.2) is 0 Å². The number of carbonyl (C=O) groups is 2. The van der Waals surface area contributed by atoms with Gasteiger partial charge in [-0.05, 0) is 38.5 Å². The molecule has 0 radical (unpaired) electrons. The van der Waals surface area contributed by atoms with Gasteiger partial charge in [-0.1, -0.05) is 96.1 Å². The topological polar surface area (TPSA) is 66.4 Å². The van der Waals surface area contributed by atoms with Crippen LogP contribution in [0.4, 0.5) is 0 Å². The zero-order chi connectivity index (χ0) is 21.9. The van der Waals surface area contributed by atoms with E-state index in [0.29, 0.717) is 19.4 Å². The summed E-state index contributed by atoms with van der Waals surface area (Å²) < 4.78 is 5.32. The number of carboxylic acid groups (broad SMARTS) is 1. The number of esters is 1. The maximum Gasteiger partial charge on any atom is 1.00 e. The van der Waals surface area contributed by atoms with Crippen LogP contribution in [0.2, 0.25) is 0 Å². The minimum Gasteiger partial charge on any atom is -0.550 e. The molecule has 0 N–H and O–H groups in total. The monoisotopic (exact) mass is 444 g/mol. The van der Waals surface area contributed by atoms with Crippen molar-refractivity contribution in [2.24, 2.45) is 11.8 Å². The summed E-state index contributed by atoms with van der Waals surface area (Å²) in [5, 5.41) is 11.2. The average molecular weight is 445 g/mol. The van der Waals surface area contributed by atoms with Gasteiger partial charge >= 0.3 is 35.5 Å². The molecule has 174 valence electrons. The second-order valence-electron chi connectivity index (χ2n) is 8.92. The van der Waals surface area contributed by atoms with Crippen molar-refractivity contribution in [2.45, 2.75) is 122 Å². The van der Waals surface area contributed by atoms with Crippen LogP contribution in [0.5, 0.6) is 0 Å². The molecule has 0 saturated heterocycles. The van der Waals surface area contributed by atoms with E-state index < -0.39 is 17.8 Å². The van der Waals surface area contributed by atoms with E-state index in [1.54, 1.807) is 0 Å².